The lowest BCUT2D eigenvalue weighted by Gasteiger charge is -2.19. The number of fused-ring (bicyclic) bond motifs is 2. The van der Waals surface area contributed by atoms with Crippen molar-refractivity contribution in [1.29, 1.82) is 5.26 Å². The first kappa shape index (κ1) is 11.9. The quantitative estimate of drug-likeness (QED) is 0.597. The summed E-state index contributed by atoms with van der Waals surface area (Å²) in [7, 11) is 0. The minimum Gasteiger partial charge on any atom is -0.399 e. The highest BCUT2D eigenvalue weighted by atomic mass is 16.1. The number of nitriles is 1. The van der Waals surface area contributed by atoms with Crippen LogP contribution in [0.25, 0.3) is 0 Å². The molecule has 0 radical (unpaired) electrons. The molecule has 0 heterocycles. The Labute approximate surface area is 114 Å². The van der Waals surface area contributed by atoms with Gasteiger partial charge in [-0.2, -0.15) is 5.26 Å². The summed E-state index contributed by atoms with van der Waals surface area (Å²) in [5, 5.41) is 9.16. The van der Waals surface area contributed by atoms with Crippen LogP contribution in [0.15, 0.2) is 30.3 Å². The van der Waals surface area contributed by atoms with Gasteiger partial charge in [0.1, 0.15) is 6.07 Å². The van der Waals surface area contributed by atoms with Gasteiger partial charge in [-0.3, -0.25) is 9.59 Å². The van der Waals surface area contributed by atoms with E-state index >= 15 is 0 Å². The fraction of sp³-hybridized carbons (Fsp3) is 0. The average Bonchev–Trinajstić information content (AvgIpc) is 2.44. The number of nitrogens with zero attached hydrogens (tertiary/aromatic N) is 1. The van der Waals surface area contributed by atoms with Gasteiger partial charge in [0.05, 0.1) is 16.8 Å². The van der Waals surface area contributed by atoms with Gasteiger partial charge in [0.15, 0.2) is 11.6 Å². The predicted molar refractivity (Wildman–Crippen MR) is 73.3 cm³/mol. The summed E-state index contributed by atoms with van der Waals surface area (Å²) in [6, 6.07) is 9.34. The first-order valence-corrected chi connectivity index (χ1v) is 5.86. The van der Waals surface area contributed by atoms with E-state index in [1.807, 2.05) is 6.07 Å². The molecule has 0 bridgehead atoms. The van der Waals surface area contributed by atoms with E-state index in [2.05, 4.69) is 0 Å². The number of anilines is 2. The third-order valence-corrected chi connectivity index (χ3v) is 3.35. The number of hydrogen-bond acceptors (Lipinski definition) is 5. The van der Waals surface area contributed by atoms with Crippen LogP contribution in [0.1, 0.15) is 37.4 Å². The maximum absolute atomic E-state index is 12.5. The molecule has 0 amide bonds. The van der Waals surface area contributed by atoms with Gasteiger partial charge in [-0.05, 0) is 30.3 Å². The lowest BCUT2D eigenvalue weighted by molar-refractivity contribution is 0.0979. The van der Waals surface area contributed by atoms with Crippen molar-refractivity contribution in [3.63, 3.8) is 0 Å². The van der Waals surface area contributed by atoms with E-state index in [9.17, 15) is 9.59 Å². The second kappa shape index (κ2) is 3.93. The van der Waals surface area contributed by atoms with E-state index in [-0.39, 0.29) is 45.1 Å². The van der Waals surface area contributed by atoms with Crippen LogP contribution in [-0.2, 0) is 0 Å². The summed E-state index contributed by atoms with van der Waals surface area (Å²) in [5.74, 6) is -0.697. The fourth-order valence-corrected chi connectivity index (χ4v) is 2.39. The Morgan fingerprint density at radius 2 is 1.60 bits per heavy atom. The largest absolute Gasteiger partial charge is 0.399 e. The SMILES string of the molecule is N#Cc1c(N)ccc2c1C(=O)c1ccc(N)cc1C2=O. The van der Waals surface area contributed by atoms with Crippen molar-refractivity contribution < 1.29 is 9.59 Å². The Kier molecular flexibility index (Phi) is 2.35. The topological polar surface area (TPSA) is 110 Å². The third-order valence-electron chi connectivity index (χ3n) is 3.35. The molecule has 0 spiro atoms. The van der Waals surface area contributed by atoms with Gasteiger partial charge in [0, 0.05) is 22.4 Å². The smallest absolute Gasteiger partial charge is 0.195 e. The zero-order valence-corrected chi connectivity index (χ0v) is 10.3. The molecule has 1 aliphatic rings. The van der Waals surface area contributed by atoms with E-state index in [0.29, 0.717) is 5.69 Å². The molecular formula is C15H9N3O2. The van der Waals surface area contributed by atoms with Crippen molar-refractivity contribution in [3.8, 4) is 6.07 Å². The Morgan fingerprint density at radius 3 is 2.30 bits per heavy atom. The molecule has 0 saturated carbocycles. The van der Waals surface area contributed by atoms with Gasteiger partial charge in [-0.15, -0.1) is 0 Å². The summed E-state index contributed by atoms with van der Waals surface area (Å²) < 4.78 is 0. The van der Waals surface area contributed by atoms with Crippen molar-refractivity contribution in [2.24, 2.45) is 0 Å². The number of carbonyl (C=O) groups excluding carboxylic acids is 2. The molecule has 20 heavy (non-hydrogen) atoms. The Bertz CT molecular complexity index is 832. The molecule has 3 rings (SSSR count). The van der Waals surface area contributed by atoms with Crippen molar-refractivity contribution >= 4 is 22.9 Å². The molecule has 5 heteroatoms. The first-order chi connectivity index (χ1) is 9.54. The first-order valence-electron chi connectivity index (χ1n) is 5.86. The minimum absolute atomic E-state index is 0.0447. The molecule has 0 aliphatic heterocycles. The molecule has 1 aliphatic carbocycles. The molecule has 0 fully saturated rings. The van der Waals surface area contributed by atoms with Crippen LogP contribution >= 0.6 is 0 Å². The lowest BCUT2D eigenvalue weighted by atomic mass is 9.81. The van der Waals surface area contributed by atoms with Crippen LogP contribution in [0.2, 0.25) is 0 Å². The monoisotopic (exact) mass is 263 g/mol. The number of nitrogens with two attached hydrogens (primary N) is 2. The molecular weight excluding hydrogens is 254 g/mol. The zero-order chi connectivity index (χ0) is 14.4. The number of rotatable bonds is 0. The molecule has 0 unspecified atom stereocenters. The highest BCUT2D eigenvalue weighted by Crippen LogP contribution is 2.32. The van der Waals surface area contributed by atoms with Crippen LogP contribution in [0.5, 0.6) is 0 Å². The molecule has 2 aromatic carbocycles. The average molecular weight is 263 g/mol. The van der Waals surface area contributed by atoms with Gasteiger partial charge in [0.25, 0.3) is 0 Å². The van der Waals surface area contributed by atoms with Crippen LogP contribution in [0.4, 0.5) is 11.4 Å². The summed E-state index contributed by atoms with van der Waals surface area (Å²) in [6.07, 6.45) is 0. The summed E-state index contributed by atoms with van der Waals surface area (Å²) in [5.41, 5.74) is 12.8. The molecule has 5 nitrogen and oxygen atoms in total. The highest BCUT2D eigenvalue weighted by Gasteiger charge is 2.32. The van der Waals surface area contributed by atoms with E-state index in [1.165, 1.54) is 24.3 Å². The standard InChI is InChI=1S/C15H9N3O2/c16-6-11-12(18)4-3-9-13(11)15(20)8-2-1-7(17)5-10(8)14(9)19/h1-5H,17-18H2. The second-order valence-electron chi connectivity index (χ2n) is 4.53. The molecule has 96 valence electrons. The number of benzene rings is 2. The van der Waals surface area contributed by atoms with Crippen molar-refractivity contribution in [3.05, 3.63) is 58.1 Å². The van der Waals surface area contributed by atoms with E-state index in [4.69, 9.17) is 16.7 Å². The number of carbonyl (C=O) groups is 2. The number of nitrogen functional groups attached to an aromatic ring is 2. The van der Waals surface area contributed by atoms with Gasteiger partial charge < -0.3 is 11.5 Å². The summed E-state index contributed by atoms with van der Waals surface area (Å²) in [6.45, 7) is 0. The van der Waals surface area contributed by atoms with Crippen LogP contribution in [0.3, 0.4) is 0 Å². The van der Waals surface area contributed by atoms with Crippen LogP contribution in [0, 0.1) is 11.3 Å². The molecule has 2 aromatic rings. The Balaban J connectivity index is 2.38. The zero-order valence-electron chi connectivity index (χ0n) is 10.3. The Morgan fingerprint density at radius 1 is 0.900 bits per heavy atom. The number of hydrogen-bond donors (Lipinski definition) is 2. The van der Waals surface area contributed by atoms with Crippen LogP contribution < -0.4 is 11.5 Å². The molecule has 4 N–H and O–H groups in total. The molecule has 0 atom stereocenters. The minimum atomic E-state index is -0.376. The van der Waals surface area contributed by atoms with Crippen molar-refractivity contribution in [2.75, 3.05) is 11.5 Å². The van der Waals surface area contributed by atoms with Crippen molar-refractivity contribution in [2.45, 2.75) is 0 Å². The van der Waals surface area contributed by atoms with Gasteiger partial charge >= 0.3 is 0 Å². The van der Waals surface area contributed by atoms with E-state index in [0.717, 1.165) is 0 Å². The van der Waals surface area contributed by atoms with Crippen LogP contribution in [-0.4, -0.2) is 11.6 Å². The van der Waals surface area contributed by atoms with E-state index < -0.39 is 0 Å². The summed E-state index contributed by atoms with van der Waals surface area (Å²) in [4.78, 5) is 24.9. The maximum atomic E-state index is 12.5. The molecule has 0 aromatic heterocycles. The normalized spacial score (nSPS) is 12.6. The van der Waals surface area contributed by atoms with E-state index in [1.54, 1.807) is 6.07 Å². The molecule has 0 saturated heterocycles. The maximum Gasteiger partial charge on any atom is 0.195 e. The highest BCUT2D eigenvalue weighted by molar-refractivity contribution is 6.29. The Hall–Kier alpha value is -3.13. The summed E-state index contributed by atoms with van der Waals surface area (Å²) >= 11 is 0. The third kappa shape index (κ3) is 1.42. The van der Waals surface area contributed by atoms with Gasteiger partial charge in [0.2, 0.25) is 0 Å². The second-order valence-corrected chi connectivity index (χ2v) is 4.53. The van der Waals surface area contributed by atoms with Gasteiger partial charge in [-0.1, -0.05) is 0 Å². The lowest BCUT2D eigenvalue weighted by Crippen LogP contribution is -2.23. The van der Waals surface area contributed by atoms with Crippen molar-refractivity contribution in [1.82, 2.24) is 0 Å². The predicted octanol–water partition coefficient (Wildman–Crippen LogP) is 1.50. The fourth-order valence-electron chi connectivity index (χ4n) is 2.39. The number of ketones is 2. The van der Waals surface area contributed by atoms with Gasteiger partial charge in [-0.25, -0.2) is 0 Å².